The van der Waals surface area contributed by atoms with E-state index in [9.17, 15) is 82.3 Å². The summed E-state index contributed by atoms with van der Waals surface area (Å²) in [5.74, 6) is -10.1. The van der Waals surface area contributed by atoms with E-state index in [2.05, 4.69) is 31.6 Å². The molecule has 3 aromatic rings. The van der Waals surface area contributed by atoms with Crippen LogP contribution in [-0.2, 0) is 113 Å². The number of ether oxygens (including phenoxy) is 7. The molecule has 2 aliphatic rings. The quantitative estimate of drug-likeness (QED) is 0.0170. The number of para-hydroxylation sites is 1. The Morgan fingerprint density at radius 2 is 1.03 bits per heavy atom. The number of hydrogen-bond donors (Lipinski definition) is 8. The van der Waals surface area contributed by atoms with Crippen molar-refractivity contribution in [3.05, 3.63) is 104 Å². The maximum atomic E-state index is 14.2. The van der Waals surface area contributed by atoms with Crippen LogP contribution >= 0.6 is 7.60 Å². The molecule has 5 rings (SSSR count). The van der Waals surface area contributed by atoms with Crippen LogP contribution in [0, 0.1) is 48.7 Å². The number of esters is 3. The number of carboxylic acids is 3. The van der Waals surface area contributed by atoms with Gasteiger partial charge in [-0.05, 0) is 56.6 Å². The summed E-state index contributed by atoms with van der Waals surface area (Å²) in [6, 6.07) is 13.6. The van der Waals surface area contributed by atoms with Gasteiger partial charge in [-0.25, -0.2) is 9.48 Å². The van der Waals surface area contributed by atoms with Gasteiger partial charge < -0.3 is 104 Å². The van der Waals surface area contributed by atoms with Crippen LogP contribution in [0.5, 0.6) is 0 Å². The number of carbonyl (C=O) groups excluding carboxylic acids is 9. The van der Waals surface area contributed by atoms with Gasteiger partial charge in [0.05, 0.1) is 117 Å². The summed E-state index contributed by atoms with van der Waals surface area (Å²) in [5.41, 5.74) is 4.15. The number of anilines is 1. The summed E-state index contributed by atoms with van der Waals surface area (Å²) in [6.07, 6.45) is 13.3. The van der Waals surface area contributed by atoms with Crippen molar-refractivity contribution in [3.63, 3.8) is 0 Å². The van der Waals surface area contributed by atoms with E-state index in [0.29, 0.717) is 75.4 Å². The van der Waals surface area contributed by atoms with E-state index in [0.717, 1.165) is 16.8 Å². The molecule has 114 heavy (non-hydrogen) atoms. The molecule has 2 aromatic carbocycles. The number of unbranched alkanes of at least 4 members (excludes halogenated alkanes) is 2. The Balaban J connectivity index is 0.0000274. The number of nitrogens with one attached hydrogen (secondary N) is 4. The molecule has 1 radical (unpaired) electrons. The second-order valence-electron chi connectivity index (χ2n) is 26.1. The number of aryl methyl sites for hydroxylation is 1. The van der Waals surface area contributed by atoms with Crippen molar-refractivity contribution in [1.82, 2.24) is 55.9 Å². The number of aliphatic carboxylic acids is 3. The van der Waals surface area contributed by atoms with E-state index < -0.39 is 73.4 Å². The normalized spacial score (nSPS) is 13.8. The zero-order chi connectivity index (χ0) is 82.3. The van der Waals surface area contributed by atoms with Crippen LogP contribution in [0.15, 0.2) is 98.1 Å². The Labute approximate surface area is 691 Å². The average molecular weight is 1780 g/mol. The van der Waals surface area contributed by atoms with E-state index in [1.807, 2.05) is 48.5 Å². The third-order valence-corrected chi connectivity index (χ3v) is 18.9. The number of aromatic nitrogens is 3. The van der Waals surface area contributed by atoms with Crippen LogP contribution in [0.2, 0.25) is 0 Å². The fourth-order valence-corrected chi connectivity index (χ4v) is 12.8. The summed E-state index contributed by atoms with van der Waals surface area (Å²) in [5, 5.41) is 48.6. The van der Waals surface area contributed by atoms with Crippen LogP contribution in [0.25, 0.3) is 22.5 Å². The molecule has 8 N–H and O–H groups in total. The minimum absolute atomic E-state index is 0. The fraction of sp³-hybridized carbons (Fsp3) is 0.547. The van der Waals surface area contributed by atoms with Crippen molar-refractivity contribution in [3.8, 4) is 22.5 Å². The Morgan fingerprint density at radius 1 is 0.509 bits per heavy atom. The first-order chi connectivity index (χ1) is 54.3. The third kappa shape index (κ3) is 37.8. The van der Waals surface area contributed by atoms with Gasteiger partial charge in [0, 0.05) is 162 Å². The van der Waals surface area contributed by atoms with Crippen molar-refractivity contribution in [1.29, 1.82) is 0 Å². The molecule has 0 fully saturated rings. The fourth-order valence-electron chi connectivity index (χ4n) is 11.4. The molecule has 3 heterocycles. The van der Waals surface area contributed by atoms with E-state index in [-0.39, 0.29) is 223 Å². The number of Topliss-reactive ketones (excluding diaryl/α,β-unsaturated/α-hetero) is 1. The first-order valence-corrected chi connectivity index (χ1v) is 39.0. The maximum Gasteiger partial charge on any atom is 0.328 e. The number of hydrogen-bond acceptors (Lipinski definition) is 27. The SMILES string of the molecule is CCCC(CP(=O)(O)OCCC[C@H](NC(=O)CC[C@H](CC(=O)CCCCCNC(=O)CCOCCOCCOCCOCCNC(=O)CCC(=O)N1Cc2ccccc2-c2c(nnn2CCCNC(=O)CN2C=CN(CC(=O)OC)C=CN(CC(=O)OC)C=CN(CC(=O)OC)C=C2)-c2ccccc21)C(=O)O)C(=O)O)C(=O)O.[177Lu]. The number of carboxylic acid groups (broad SMARTS) is 3. The smallest absolute Gasteiger partial charge is 0.328 e. The van der Waals surface area contributed by atoms with Gasteiger partial charge in [-0.3, -0.25) is 57.3 Å². The summed E-state index contributed by atoms with van der Waals surface area (Å²) in [6.45, 7) is 3.97. The number of carbonyl (C=O) groups is 12. The summed E-state index contributed by atoms with van der Waals surface area (Å²) < 4.78 is 55.9. The molecular weight excluding hydrogens is 1680 g/mol. The Kier molecular flexibility index (Phi) is 46.5. The molecule has 37 nitrogen and oxygen atoms in total. The standard InChI is InChI=1S/C75H107N12O25P.Lu/c1-5-15-57(74(99)100)54-113(103,104)112-39-13-20-61(75(101)102)79-65(91)23-22-55(73(97)98)48-58(88)17-7-6-12-27-76-64(90)26-40-108-42-44-110-46-47-111-45-43-109-41-29-78-63(89)24-25-67(93)86-49-56-16-8-9-18-59(56)72-71(60-19-10-11-21-62(60)86)80-81-87(72)30-14-28-77-66(92)50-82-31-33-83(51-68(94)105-2)35-37-85(53-70(96)107-4)38-36-84(34-32-82)52-69(95)106-3;/h8-11,16,18-19,21,31-38,55,57,61H,5-7,12-15,17,20,22-30,39-54H2,1-4H3,(H,76,90)(H,77,92)(H,78,89)(H,79,91)(H,97,98)(H,99,100)(H,101,102)(H,103,104);/t55-,57?,61+;/m1./s1/i;1+2. The summed E-state index contributed by atoms with van der Waals surface area (Å²) >= 11 is 0. The number of ketones is 1. The first-order valence-electron chi connectivity index (χ1n) is 37.3. The maximum absolute atomic E-state index is 14.2. The predicted octanol–water partition coefficient (Wildman–Crippen LogP) is 4.11. The van der Waals surface area contributed by atoms with E-state index >= 15 is 0 Å². The predicted molar refractivity (Wildman–Crippen MR) is 406 cm³/mol. The molecule has 0 spiro atoms. The minimum Gasteiger partial charge on any atom is -0.481 e. The second kappa shape index (κ2) is 54.6. The molecule has 2 aliphatic heterocycles. The molecule has 5 amide bonds. The van der Waals surface area contributed by atoms with E-state index in [1.165, 1.54) is 60.8 Å². The number of fused-ring (bicyclic) bond motifs is 5. The van der Waals surface area contributed by atoms with Crippen LogP contribution < -0.4 is 26.2 Å². The Bertz CT molecular complexity index is 3740. The molecule has 1 aromatic heterocycles. The average Bonchev–Trinajstić information content (AvgIpc) is 1.52. The molecule has 4 atom stereocenters. The molecule has 637 valence electrons. The monoisotopic (exact) mass is 1780 g/mol. The molecule has 0 bridgehead atoms. The van der Waals surface area contributed by atoms with Gasteiger partial charge in [0.15, 0.2) is 0 Å². The molecule has 0 saturated heterocycles. The van der Waals surface area contributed by atoms with Gasteiger partial charge in [0.2, 0.25) is 29.5 Å². The van der Waals surface area contributed by atoms with Gasteiger partial charge in [-0.1, -0.05) is 67.4 Å². The topological polar surface area (TPSA) is 472 Å². The number of benzene rings is 2. The number of rotatable bonds is 54. The summed E-state index contributed by atoms with van der Waals surface area (Å²) in [4.78, 5) is 168. The van der Waals surface area contributed by atoms with Crippen molar-refractivity contribution >= 4 is 84.4 Å². The first kappa shape index (κ1) is 97.2. The van der Waals surface area contributed by atoms with E-state index in [4.69, 9.17) is 37.7 Å². The number of nitrogens with zero attached hydrogens (tertiary/aromatic N) is 8. The van der Waals surface area contributed by atoms with Gasteiger partial charge in [0.25, 0.3) is 0 Å². The third-order valence-electron chi connectivity index (χ3n) is 17.4. The van der Waals surface area contributed by atoms with Gasteiger partial charge >= 0.3 is 43.4 Å². The van der Waals surface area contributed by atoms with Crippen molar-refractivity contribution in [2.75, 3.05) is 138 Å². The minimum atomic E-state index is -4.28. The molecule has 39 heteroatoms. The van der Waals surface area contributed by atoms with Gasteiger partial charge in [-0.2, -0.15) is 0 Å². The van der Waals surface area contributed by atoms with Crippen LogP contribution in [-0.4, -0.2) is 265 Å². The van der Waals surface area contributed by atoms with Crippen molar-refractivity contribution in [2.24, 2.45) is 11.8 Å². The van der Waals surface area contributed by atoms with Gasteiger partial charge in [0.1, 0.15) is 43.7 Å². The molecule has 0 aliphatic carbocycles. The van der Waals surface area contributed by atoms with Crippen LogP contribution in [0.1, 0.15) is 109 Å². The zero-order valence-corrected chi connectivity index (χ0v) is 67.2. The molecule has 2 unspecified atom stereocenters. The molecule has 0 saturated carbocycles. The Hall–Kier alpha value is -9.20. The van der Waals surface area contributed by atoms with E-state index in [1.54, 1.807) is 46.2 Å². The summed E-state index contributed by atoms with van der Waals surface area (Å²) in [7, 11) is -0.529. The molecular formula is C75H107LuN12O25P. The zero-order valence-electron chi connectivity index (χ0n) is 64.7. The number of methoxy groups -OCH3 is 3. The second-order valence-corrected chi connectivity index (χ2v) is 28.0. The van der Waals surface area contributed by atoms with Gasteiger partial charge in [-0.15, -0.1) is 5.10 Å². The Morgan fingerprint density at radius 3 is 1.60 bits per heavy atom. The van der Waals surface area contributed by atoms with Crippen molar-refractivity contribution in [2.45, 2.75) is 122 Å². The van der Waals surface area contributed by atoms with Crippen molar-refractivity contribution < 1.29 is 157 Å². The van der Waals surface area contributed by atoms with Crippen LogP contribution in [0.3, 0.4) is 0 Å². The largest absolute Gasteiger partial charge is 0.481 e. The van der Waals surface area contributed by atoms with Crippen LogP contribution in [0.4, 0.5) is 5.69 Å². The number of amides is 5.